The number of aromatic nitrogens is 2. The molecular formula is C18H30N2O4. The van der Waals surface area contributed by atoms with Crippen LogP contribution in [0.3, 0.4) is 0 Å². The smallest absolute Gasteiger partial charge is 0.303 e. The van der Waals surface area contributed by atoms with Crippen molar-refractivity contribution >= 4 is 5.97 Å². The van der Waals surface area contributed by atoms with E-state index in [1.807, 2.05) is 10.6 Å². The van der Waals surface area contributed by atoms with Crippen LogP contribution in [-0.2, 0) is 11.3 Å². The molecular weight excluding hydrogens is 308 g/mol. The number of aryl methyl sites for hydroxylation is 1. The molecule has 0 amide bonds. The Balaban J connectivity index is 2.54. The predicted molar refractivity (Wildman–Crippen MR) is 92.5 cm³/mol. The second-order valence-electron chi connectivity index (χ2n) is 6.10. The lowest BCUT2D eigenvalue weighted by atomic mass is 9.96. The lowest BCUT2D eigenvalue weighted by Gasteiger charge is -2.21. The minimum atomic E-state index is -0.828. The first-order valence-corrected chi connectivity index (χ1v) is 8.75. The van der Waals surface area contributed by atoms with Crippen LogP contribution in [-0.4, -0.2) is 37.4 Å². The number of unbranched alkanes of at least 4 members (excludes halogenated alkanes) is 3. The molecule has 0 aliphatic carbocycles. The third kappa shape index (κ3) is 7.27. The van der Waals surface area contributed by atoms with E-state index in [1.165, 1.54) is 12.8 Å². The van der Waals surface area contributed by atoms with Crippen LogP contribution in [0.15, 0.2) is 24.7 Å². The Hall–Kier alpha value is -1.66. The number of aliphatic hydroxyl groups excluding tert-OH is 2. The zero-order chi connectivity index (χ0) is 17.8. The molecule has 2 atom stereocenters. The van der Waals surface area contributed by atoms with Crippen molar-refractivity contribution in [2.75, 3.05) is 6.61 Å². The first-order valence-electron chi connectivity index (χ1n) is 8.75. The molecule has 0 spiro atoms. The van der Waals surface area contributed by atoms with E-state index in [1.54, 1.807) is 18.6 Å². The molecule has 0 aromatic carbocycles. The average molecular weight is 338 g/mol. The fraction of sp³-hybridized carbons (Fsp3) is 0.667. The van der Waals surface area contributed by atoms with E-state index in [4.69, 9.17) is 5.11 Å². The molecule has 136 valence electrons. The molecule has 24 heavy (non-hydrogen) atoms. The standard InChI is InChI=1S/C18H30N2O4/c1-2-3-4-8-11-20-14-19-12-16(20)18(24)15(13-21)9-6-5-7-10-17(22)23/h5-6,12,14-15,18,21,24H,2-4,7-11,13H2,1H3,(H,22,23)/b6-5-/t15-,18-/m0/s1. The second-order valence-corrected chi connectivity index (χ2v) is 6.10. The van der Waals surface area contributed by atoms with Gasteiger partial charge in [-0.2, -0.15) is 0 Å². The van der Waals surface area contributed by atoms with E-state index in [0.29, 0.717) is 12.8 Å². The van der Waals surface area contributed by atoms with Crippen molar-refractivity contribution in [3.05, 3.63) is 30.4 Å². The van der Waals surface area contributed by atoms with Gasteiger partial charge < -0.3 is 19.9 Å². The third-order valence-electron chi connectivity index (χ3n) is 4.11. The molecule has 0 saturated carbocycles. The van der Waals surface area contributed by atoms with Crippen molar-refractivity contribution in [2.24, 2.45) is 5.92 Å². The molecule has 0 aliphatic heterocycles. The zero-order valence-corrected chi connectivity index (χ0v) is 14.5. The van der Waals surface area contributed by atoms with Gasteiger partial charge >= 0.3 is 5.97 Å². The fourth-order valence-electron chi connectivity index (χ4n) is 2.61. The first-order chi connectivity index (χ1) is 11.6. The summed E-state index contributed by atoms with van der Waals surface area (Å²) >= 11 is 0. The maximum absolute atomic E-state index is 10.5. The van der Waals surface area contributed by atoms with Crippen molar-refractivity contribution in [1.82, 2.24) is 9.55 Å². The van der Waals surface area contributed by atoms with Gasteiger partial charge in [0.05, 0.1) is 18.2 Å². The van der Waals surface area contributed by atoms with Gasteiger partial charge in [0, 0.05) is 25.5 Å². The Morgan fingerprint density at radius 1 is 1.33 bits per heavy atom. The number of imidazole rings is 1. The summed E-state index contributed by atoms with van der Waals surface area (Å²) in [5.41, 5.74) is 0.726. The molecule has 0 radical (unpaired) electrons. The number of rotatable bonds is 13. The number of hydrogen-bond acceptors (Lipinski definition) is 4. The van der Waals surface area contributed by atoms with Crippen molar-refractivity contribution in [3.63, 3.8) is 0 Å². The Kier molecular flexibility index (Phi) is 10.0. The topological polar surface area (TPSA) is 95.6 Å². The van der Waals surface area contributed by atoms with Crippen LogP contribution in [0.2, 0.25) is 0 Å². The van der Waals surface area contributed by atoms with Gasteiger partial charge in [0.1, 0.15) is 6.10 Å². The Morgan fingerprint density at radius 3 is 2.79 bits per heavy atom. The summed E-state index contributed by atoms with van der Waals surface area (Å²) in [6.45, 7) is 2.85. The third-order valence-corrected chi connectivity index (χ3v) is 4.11. The van der Waals surface area contributed by atoms with Gasteiger partial charge in [-0.1, -0.05) is 38.3 Å². The molecule has 0 fully saturated rings. The molecule has 1 rings (SSSR count). The highest BCUT2D eigenvalue weighted by molar-refractivity contribution is 5.66. The number of carboxylic acid groups (broad SMARTS) is 1. The van der Waals surface area contributed by atoms with Crippen molar-refractivity contribution in [1.29, 1.82) is 0 Å². The van der Waals surface area contributed by atoms with Gasteiger partial charge in [-0.15, -0.1) is 0 Å². The van der Waals surface area contributed by atoms with Crippen molar-refractivity contribution in [2.45, 2.75) is 64.5 Å². The number of carbonyl (C=O) groups is 1. The number of aliphatic carboxylic acids is 1. The highest BCUT2D eigenvalue weighted by Crippen LogP contribution is 2.25. The Bertz CT molecular complexity index is 499. The summed E-state index contributed by atoms with van der Waals surface area (Å²) < 4.78 is 1.96. The number of nitrogens with zero attached hydrogens (tertiary/aromatic N) is 2. The van der Waals surface area contributed by atoms with E-state index in [-0.39, 0.29) is 18.9 Å². The molecule has 0 saturated heterocycles. The molecule has 1 aromatic rings. The minimum absolute atomic E-state index is 0.0907. The van der Waals surface area contributed by atoms with Gasteiger partial charge in [-0.3, -0.25) is 4.79 Å². The average Bonchev–Trinajstić information content (AvgIpc) is 3.02. The Morgan fingerprint density at radius 2 is 2.12 bits per heavy atom. The summed E-state index contributed by atoms with van der Waals surface area (Å²) in [5.74, 6) is -1.15. The van der Waals surface area contributed by atoms with E-state index < -0.39 is 12.1 Å². The maximum Gasteiger partial charge on any atom is 0.303 e. The van der Waals surface area contributed by atoms with E-state index in [2.05, 4.69) is 11.9 Å². The fourth-order valence-corrected chi connectivity index (χ4v) is 2.61. The van der Waals surface area contributed by atoms with Gasteiger partial charge in [0.25, 0.3) is 0 Å². The highest BCUT2D eigenvalue weighted by Gasteiger charge is 2.22. The maximum atomic E-state index is 10.5. The normalized spacial score (nSPS) is 14.1. The van der Waals surface area contributed by atoms with Crippen LogP contribution in [0, 0.1) is 5.92 Å². The summed E-state index contributed by atoms with van der Waals surface area (Å²) in [6, 6.07) is 0. The second kappa shape index (κ2) is 11.8. The molecule has 1 aromatic heterocycles. The molecule has 0 unspecified atom stereocenters. The molecule has 1 heterocycles. The van der Waals surface area contributed by atoms with E-state index in [0.717, 1.165) is 25.1 Å². The Labute approximate surface area is 143 Å². The summed E-state index contributed by atoms with van der Waals surface area (Å²) in [5, 5.41) is 28.7. The zero-order valence-electron chi connectivity index (χ0n) is 14.5. The van der Waals surface area contributed by atoms with Crippen LogP contribution in [0.25, 0.3) is 0 Å². The predicted octanol–water partition coefficient (Wildman–Crippen LogP) is 2.92. The van der Waals surface area contributed by atoms with Gasteiger partial charge in [-0.25, -0.2) is 4.98 Å². The molecule has 6 nitrogen and oxygen atoms in total. The summed E-state index contributed by atoms with van der Waals surface area (Å²) in [6.07, 6.45) is 11.8. The number of carboxylic acids is 1. The van der Waals surface area contributed by atoms with Crippen LogP contribution >= 0.6 is 0 Å². The first kappa shape index (κ1) is 20.4. The quantitative estimate of drug-likeness (QED) is 0.380. The monoisotopic (exact) mass is 338 g/mol. The lowest BCUT2D eigenvalue weighted by molar-refractivity contribution is -0.136. The summed E-state index contributed by atoms with van der Waals surface area (Å²) in [4.78, 5) is 14.6. The minimum Gasteiger partial charge on any atom is -0.481 e. The molecule has 6 heteroatoms. The van der Waals surface area contributed by atoms with Crippen LogP contribution < -0.4 is 0 Å². The number of allylic oxidation sites excluding steroid dienone is 2. The lowest BCUT2D eigenvalue weighted by Crippen LogP contribution is -2.19. The number of aliphatic hydroxyl groups is 2. The van der Waals surface area contributed by atoms with E-state index >= 15 is 0 Å². The largest absolute Gasteiger partial charge is 0.481 e. The molecule has 0 aliphatic rings. The van der Waals surface area contributed by atoms with E-state index in [9.17, 15) is 15.0 Å². The highest BCUT2D eigenvalue weighted by atomic mass is 16.4. The summed E-state index contributed by atoms with van der Waals surface area (Å²) in [7, 11) is 0. The SMILES string of the molecule is CCCCCCn1cncc1[C@@H](O)[C@H](CO)C/C=C\CCC(=O)O. The van der Waals surface area contributed by atoms with Crippen LogP contribution in [0.4, 0.5) is 0 Å². The molecule has 0 bridgehead atoms. The van der Waals surface area contributed by atoms with Gasteiger partial charge in [-0.05, 0) is 19.3 Å². The molecule has 3 N–H and O–H groups in total. The van der Waals surface area contributed by atoms with Crippen molar-refractivity contribution < 1.29 is 20.1 Å². The van der Waals surface area contributed by atoms with Gasteiger partial charge in [0.2, 0.25) is 0 Å². The van der Waals surface area contributed by atoms with Crippen LogP contribution in [0.1, 0.15) is 63.7 Å². The van der Waals surface area contributed by atoms with Crippen LogP contribution in [0.5, 0.6) is 0 Å². The number of hydrogen-bond donors (Lipinski definition) is 3. The van der Waals surface area contributed by atoms with Crippen molar-refractivity contribution in [3.8, 4) is 0 Å². The van der Waals surface area contributed by atoms with Gasteiger partial charge in [0.15, 0.2) is 0 Å².